The largest absolute Gasteiger partial charge is 0.416 e. The summed E-state index contributed by atoms with van der Waals surface area (Å²) in [4.78, 5) is 6.99. The Morgan fingerprint density at radius 2 is 1.78 bits per heavy atom. The van der Waals surface area contributed by atoms with E-state index in [2.05, 4.69) is 24.0 Å². The second-order valence-electron chi connectivity index (χ2n) is 8.70. The summed E-state index contributed by atoms with van der Waals surface area (Å²) in [6, 6.07) is 10.5. The summed E-state index contributed by atoms with van der Waals surface area (Å²) in [7, 11) is 2.03. The van der Waals surface area contributed by atoms with Crippen LogP contribution in [0.1, 0.15) is 34.7 Å². The van der Waals surface area contributed by atoms with E-state index in [0.29, 0.717) is 17.5 Å². The van der Waals surface area contributed by atoms with Crippen molar-refractivity contribution in [2.45, 2.75) is 33.4 Å². The summed E-state index contributed by atoms with van der Waals surface area (Å²) in [5.41, 5.74) is 5.75. The molecule has 0 fully saturated rings. The average molecular weight is 432 g/mol. The number of nitrogens with zero attached hydrogens (tertiary/aromatic N) is 2. The van der Waals surface area contributed by atoms with Gasteiger partial charge in [0.05, 0.1) is 22.3 Å². The third-order valence-corrected chi connectivity index (χ3v) is 6.25. The van der Waals surface area contributed by atoms with Crippen molar-refractivity contribution in [1.82, 2.24) is 0 Å². The van der Waals surface area contributed by atoms with Crippen molar-refractivity contribution >= 4 is 28.1 Å². The molecule has 2 aliphatic rings. The quantitative estimate of drug-likeness (QED) is 0.473. The summed E-state index contributed by atoms with van der Waals surface area (Å²) in [6.07, 6.45) is 2.18. The summed E-state index contributed by atoms with van der Waals surface area (Å²) in [6.45, 7) is 5.77. The normalized spacial score (nSPS) is 15.4. The predicted molar refractivity (Wildman–Crippen MR) is 124 cm³/mol. The number of alkyl halides is 3. The highest BCUT2D eigenvalue weighted by atomic mass is 19.4. The molecule has 0 N–H and O–H groups in total. The van der Waals surface area contributed by atoms with Crippen molar-refractivity contribution in [2.75, 3.05) is 11.9 Å². The molecule has 1 aliphatic heterocycles. The molecule has 32 heavy (non-hydrogen) atoms. The molecule has 5 heteroatoms. The van der Waals surface area contributed by atoms with E-state index < -0.39 is 11.7 Å². The molecule has 1 heterocycles. The van der Waals surface area contributed by atoms with Crippen molar-refractivity contribution in [3.63, 3.8) is 0 Å². The molecule has 0 radical (unpaired) electrons. The molecule has 3 aromatic rings. The van der Waals surface area contributed by atoms with Gasteiger partial charge in [-0.1, -0.05) is 36.4 Å². The minimum Gasteiger partial charge on any atom is -0.347 e. The molecule has 0 unspecified atom stereocenters. The zero-order valence-electron chi connectivity index (χ0n) is 18.4. The van der Waals surface area contributed by atoms with E-state index in [1.165, 1.54) is 12.1 Å². The fraction of sp³-hybridized carbons (Fsp3) is 0.222. The van der Waals surface area contributed by atoms with Crippen LogP contribution in [0.2, 0.25) is 0 Å². The Balaban J connectivity index is 1.80. The van der Waals surface area contributed by atoms with Crippen LogP contribution in [0.5, 0.6) is 0 Å². The number of hydrogen-bond donors (Lipinski definition) is 0. The highest BCUT2D eigenvalue weighted by Gasteiger charge is 2.31. The van der Waals surface area contributed by atoms with E-state index in [1.807, 2.05) is 44.5 Å². The van der Waals surface area contributed by atoms with Gasteiger partial charge in [0, 0.05) is 23.9 Å². The van der Waals surface area contributed by atoms with Crippen molar-refractivity contribution in [3.05, 3.63) is 92.8 Å². The van der Waals surface area contributed by atoms with E-state index >= 15 is 0 Å². The number of hydrogen-bond acceptors (Lipinski definition) is 2. The van der Waals surface area contributed by atoms with Gasteiger partial charge >= 0.3 is 6.18 Å². The van der Waals surface area contributed by atoms with Gasteiger partial charge in [0.15, 0.2) is 0 Å². The maximum atomic E-state index is 13.4. The molecule has 5 rings (SSSR count). The van der Waals surface area contributed by atoms with Crippen molar-refractivity contribution in [2.24, 2.45) is 4.99 Å². The lowest BCUT2D eigenvalue weighted by molar-refractivity contribution is -0.137. The molecule has 162 valence electrons. The molecule has 2 nitrogen and oxygen atoms in total. The van der Waals surface area contributed by atoms with Crippen molar-refractivity contribution in [3.8, 4) is 0 Å². The fourth-order valence-electron chi connectivity index (χ4n) is 4.91. The number of fused-ring (bicyclic) bond motifs is 6. The SMILES string of the molecule is CC1=CN(C)c2c(c3c(c4cccc(C)c24)CC(c2cc(C)cc(C(F)(F)F)c2)=CC=3)=N1. The predicted octanol–water partition coefficient (Wildman–Crippen LogP) is 5.83. The standard InChI is InChI=1S/C27H23F3N2/c1-15-10-19(12-20(11-15)27(28,29)30)18-8-9-22-23(13-18)21-7-5-6-16(2)24(21)26-25(22)31-17(3)14-32(26)4/h5-12,14H,13H2,1-4H3. The molecule has 0 atom stereocenters. The van der Waals surface area contributed by atoms with Crippen molar-refractivity contribution < 1.29 is 13.2 Å². The second-order valence-corrected chi connectivity index (χ2v) is 8.70. The fourth-order valence-corrected chi connectivity index (χ4v) is 4.91. The van der Waals surface area contributed by atoms with Crippen LogP contribution in [0.15, 0.2) is 59.4 Å². The molecule has 0 bridgehead atoms. The van der Waals surface area contributed by atoms with Gasteiger partial charge in [0.25, 0.3) is 0 Å². The monoisotopic (exact) mass is 432 g/mol. The number of rotatable bonds is 1. The summed E-state index contributed by atoms with van der Waals surface area (Å²) in [5, 5.41) is 4.25. The topological polar surface area (TPSA) is 15.6 Å². The number of anilines is 1. The maximum absolute atomic E-state index is 13.4. The number of benzene rings is 3. The van der Waals surface area contributed by atoms with E-state index in [-0.39, 0.29) is 0 Å². The van der Waals surface area contributed by atoms with E-state index in [0.717, 1.165) is 49.4 Å². The van der Waals surface area contributed by atoms with Gasteiger partial charge in [0.1, 0.15) is 0 Å². The van der Waals surface area contributed by atoms with Crippen LogP contribution >= 0.6 is 0 Å². The molecule has 0 saturated carbocycles. The first-order valence-corrected chi connectivity index (χ1v) is 10.6. The first-order valence-electron chi connectivity index (χ1n) is 10.6. The van der Waals surface area contributed by atoms with Gasteiger partial charge in [-0.2, -0.15) is 13.2 Å². The molecule has 0 saturated heterocycles. The van der Waals surface area contributed by atoms with E-state index in [9.17, 15) is 13.2 Å². The first-order chi connectivity index (χ1) is 15.1. The van der Waals surface area contributed by atoms with Gasteiger partial charge in [-0.05, 0) is 72.5 Å². The number of allylic oxidation sites excluding steroid dienone is 3. The second kappa shape index (κ2) is 7.09. The van der Waals surface area contributed by atoms with E-state index in [1.54, 1.807) is 6.92 Å². The van der Waals surface area contributed by atoms with E-state index in [4.69, 9.17) is 4.99 Å². The van der Waals surface area contributed by atoms with Crippen LogP contribution in [-0.4, -0.2) is 7.05 Å². The molecule has 1 aliphatic carbocycles. The lowest BCUT2D eigenvalue weighted by atomic mass is 9.86. The Kier molecular flexibility index (Phi) is 4.55. The third kappa shape index (κ3) is 3.24. The van der Waals surface area contributed by atoms with Gasteiger partial charge in [-0.15, -0.1) is 0 Å². The lowest BCUT2D eigenvalue weighted by Crippen LogP contribution is -2.37. The summed E-state index contributed by atoms with van der Waals surface area (Å²) >= 11 is 0. The smallest absolute Gasteiger partial charge is 0.347 e. The third-order valence-electron chi connectivity index (χ3n) is 6.25. The van der Waals surface area contributed by atoms with Gasteiger partial charge in [-0.3, -0.25) is 0 Å². The molecular formula is C27H23F3N2. The average Bonchev–Trinajstić information content (AvgIpc) is 2.72. The minimum atomic E-state index is -4.37. The van der Waals surface area contributed by atoms with Crippen LogP contribution in [0.4, 0.5) is 18.9 Å². The Labute approximate surface area is 184 Å². The van der Waals surface area contributed by atoms with Gasteiger partial charge in [0.2, 0.25) is 0 Å². The Morgan fingerprint density at radius 1 is 1.00 bits per heavy atom. The molecular weight excluding hydrogens is 409 g/mol. The molecule has 3 aromatic carbocycles. The van der Waals surface area contributed by atoms with Crippen LogP contribution < -0.4 is 15.5 Å². The molecule has 0 amide bonds. The van der Waals surface area contributed by atoms with Crippen LogP contribution in [0.25, 0.3) is 22.4 Å². The van der Waals surface area contributed by atoms with Crippen molar-refractivity contribution in [1.29, 1.82) is 0 Å². The zero-order valence-corrected chi connectivity index (χ0v) is 18.4. The maximum Gasteiger partial charge on any atom is 0.416 e. The highest BCUT2D eigenvalue weighted by Crippen LogP contribution is 2.35. The van der Waals surface area contributed by atoms with Gasteiger partial charge < -0.3 is 4.90 Å². The molecule has 0 spiro atoms. The van der Waals surface area contributed by atoms with Crippen LogP contribution in [0, 0.1) is 13.8 Å². The molecule has 0 aromatic heterocycles. The minimum absolute atomic E-state index is 0.557. The Hall–Kier alpha value is -3.34. The summed E-state index contributed by atoms with van der Waals surface area (Å²) in [5.74, 6) is 0. The number of aryl methyl sites for hydroxylation is 2. The zero-order chi connectivity index (χ0) is 22.8. The first kappa shape index (κ1) is 20.6. The van der Waals surface area contributed by atoms with Gasteiger partial charge in [-0.25, -0.2) is 4.99 Å². The van der Waals surface area contributed by atoms with Crippen LogP contribution in [0.3, 0.4) is 0 Å². The summed E-state index contributed by atoms with van der Waals surface area (Å²) < 4.78 is 40.3. The highest BCUT2D eigenvalue weighted by molar-refractivity contribution is 6.01. The number of halogens is 3. The van der Waals surface area contributed by atoms with Crippen LogP contribution in [-0.2, 0) is 12.6 Å². The Bertz CT molecular complexity index is 1470. The Morgan fingerprint density at radius 3 is 2.53 bits per heavy atom. The lowest BCUT2D eigenvalue weighted by Gasteiger charge is -2.26.